The molecule has 1 amide bonds. The molecule has 42 heavy (non-hydrogen) atoms. The van der Waals surface area contributed by atoms with E-state index in [-0.39, 0.29) is 5.91 Å². The molecule has 0 unspecified atom stereocenters. The topological polar surface area (TPSA) is 116 Å². The second kappa shape index (κ2) is 13.3. The molecule has 1 atom stereocenters. The van der Waals surface area contributed by atoms with Gasteiger partial charge in [-0.15, -0.1) is 0 Å². The number of rotatable bonds is 7. The standard InChI is InChI=1S/C29H30N4O.C4H4O4/c34-29(32-19-16-25(21-32)31-17-6-7-18-31)23-14-12-22(13-15-23)20-28-30-26-10-4-5-11-27(26)33(28)24-8-2-1-3-9-24;5-3(6)1-2-4(7)8/h1-5,8-15,25H,6-7,16-21H2;1-2H,(H,5,6)(H,7,8)/b;2-1+/t25-;/m0./s1. The maximum Gasteiger partial charge on any atom is 0.328 e. The predicted molar refractivity (Wildman–Crippen MR) is 160 cm³/mol. The molecule has 0 aliphatic carbocycles. The average molecular weight is 567 g/mol. The zero-order valence-corrected chi connectivity index (χ0v) is 23.3. The van der Waals surface area contributed by atoms with Crippen LogP contribution in [0.1, 0.15) is 41.0 Å². The summed E-state index contributed by atoms with van der Waals surface area (Å²) in [6.07, 6.45) is 5.51. The molecule has 2 saturated heterocycles. The van der Waals surface area contributed by atoms with Gasteiger partial charge in [0.1, 0.15) is 5.82 Å². The number of imidazole rings is 1. The molecule has 3 aromatic carbocycles. The summed E-state index contributed by atoms with van der Waals surface area (Å²) in [5, 5.41) is 15.6. The highest BCUT2D eigenvalue weighted by atomic mass is 16.4. The van der Waals surface area contributed by atoms with Crippen molar-refractivity contribution in [3.05, 3.63) is 108 Å². The lowest BCUT2D eigenvalue weighted by atomic mass is 10.1. The molecule has 6 rings (SSSR count). The van der Waals surface area contributed by atoms with E-state index in [1.54, 1.807) is 0 Å². The number of carbonyl (C=O) groups is 3. The lowest BCUT2D eigenvalue weighted by Gasteiger charge is -2.23. The lowest BCUT2D eigenvalue weighted by Crippen LogP contribution is -2.37. The van der Waals surface area contributed by atoms with Gasteiger partial charge < -0.3 is 15.1 Å². The lowest BCUT2D eigenvalue weighted by molar-refractivity contribution is -0.134. The van der Waals surface area contributed by atoms with E-state index < -0.39 is 11.9 Å². The molecule has 0 spiro atoms. The minimum absolute atomic E-state index is 0.157. The molecule has 0 radical (unpaired) electrons. The van der Waals surface area contributed by atoms with Crippen LogP contribution in [-0.2, 0) is 16.0 Å². The maximum absolute atomic E-state index is 13.1. The smallest absolute Gasteiger partial charge is 0.328 e. The average Bonchev–Trinajstić information content (AvgIpc) is 3.77. The number of benzene rings is 3. The van der Waals surface area contributed by atoms with Crippen LogP contribution in [0.2, 0.25) is 0 Å². The van der Waals surface area contributed by atoms with E-state index in [1.807, 2.05) is 29.2 Å². The summed E-state index contributed by atoms with van der Waals surface area (Å²) >= 11 is 0. The Morgan fingerprint density at radius 2 is 1.45 bits per heavy atom. The molecule has 0 bridgehead atoms. The van der Waals surface area contributed by atoms with Crippen molar-refractivity contribution in [3.8, 4) is 5.69 Å². The Labute approximate surface area is 244 Å². The van der Waals surface area contributed by atoms with Crippen molar-refractivity contribution < 1.29 is 24.6 Å². The first-order valence-corrected chi connectivity index (χ1v) is 14.2. The van der Waals surface area contributed by atoms with Crippen molar-refractivity contribution in [3.63, 3.8) is 0 Å². The number of carboxylic acid groups (broad SMARTS) is 2. The Hall–Kier alpha value is -4.76. The maximum atomic E-state index is 13.1. The number of aromatic nitrogens is 2. The van der Waals surface area contributed by atoms with Gasteiger partial charge in [-0.2, -0.15) is 0 Å². The summed E-state index contributed by atoms with van der Waals surface area (Å²) in [5.41, 5.74) is 5.15. The number of fused-ring (bicyclic) bond motifs is 1. The van der Waals surface area contributed by atoms with E-state index in [0.29, 0.717) is 24.6 Å². The summed E-state index contributed by atoms with van der Waals surface area (Å²) in [6.45, 7) is 4.11. The van der Waals surface area contributed by atoms with Crippen molar-refractivity contribution in [2.24, 2.45) is 0 Å². The van der Waals surface area contributed by atoms with Crippen LogP contribution < -0.4 is 0 Å². The van der Waals surface area contributed by atoms with E-state index in [4.69, 9.17) is 15.2 Å². The molecular formula is C33H34N4O5. The summed E-state index contributed by atoms with van der Waals surface area (Å²) in [4.78, 5) is 41.8. The number of aliphatic carboxylic acids is 2. The highest BCUT2D eigenvalue weighted by Gasteiger charge is 2.31. The first-order valence-electron chi connectivity index (χ1n) is 14.2. The second-order valence-electron chi connectivity index (χ2n) is 10.5. The fourth-order valence-corrected chi connectivity index (χ4v) is 5.66. The number of carbonyl (C=O) groups excluding carboxylic acids is 1. The molecule has 0 saturated carbocycles. The molecule has 2 fully saturated rings. The van der Waals surface area contributed by atoms with E-state index in [2.05, 4.69) is 64.1 Å². The van der Waals surface area contributed by atoms with Gasteiger partial charge in [0, 0.05) is 49.0 Å². The van der Waals surface area contributed by atoms with Crippen LogP contribution in [0, 0.1) is 0 Å². The number of likely N-dealkylation sites (tertiary alicyclic amines) is 2. The quantitative estimate of drug-likeness (QED) is 0.313. The predicted octanol–water partition coefficient (Wildman–Crippen LogP) is 4.64. The van der Waals surface area contributed by atoms with Crippen LogP contribution in [0.15, 0.2) is 91.0 Å². The van der Waals surface area contributed by atoms with Gasteiger partial charge in [0.15, 0.2) is 0 Å². The zero-order valence-electron chi connectivity index (χ0n) is 23.3. The monoisotopic (exact) mass is 566 g/mol. The Morgan fingerprint density at radius 1 is 0.810 bits per heavy atom. The van der Waals surface area contributed by atoms with Crippen molar-refractivity contribution in [2.45, 2.75) is 31.7 Å². The summed E-state index contributed by atoms with van der Waals surface area (Å²) in [6, 6.07) is 27.3. The van der Waals surface area contributed by atoms with Crippen LogP contribution in [0.5, 0.6) is 0 Å². The third kappa shape index (κ3) is 6.92. The fraction of sp³-hybridized carbons (Fsp3) is 0.273. The molecule has 4 aromatic rings. The third-order valence-corrected chi connectivity index (χ3v) is 7.68. The Bertz CT molecular complexity index is 1560. The summed E-state index contributed by atoms with van der Waals surface area (Å²) < 4.78 is 2.23. The van der Waals surface area contributed by atoms with Gasteiger partial charge in [-0.05, 0) is 74.3 Å². The molecule has 9 heteroatoms. The number of hydrogen-bond acceptors (Lipinski definition) is 5. The molecule has 2 aliphatic heterocycles. The Morgan fingerprint density at radius 3 is 2.12 bits per heavy atom. The SMILES string of the molecule is O=C(O)/C=C/C(=O)O.O=C(c1ccc(Cc2nc3ccccc3n2-c2ccccc2)cc1)N1CC[C@H](N2CCCC2)C1. The van der Waals surface area contributed by atoms with Crippen LogP contribution in [0.4, 0.5) is 0 Å². The molecular weight excluding hydrogens is 532 g/mol. The number of carboxylic acids is 2. The van der Waals surface area contributed by atoms with E-state index in [0.717, 1.165) is 53.2 Å². The first-order chi connectivity index (χ1) is 20.4. The molecule has 216 valence electrons. The van der Waals surface area contributed by atoms with Crippen LogP contribution in [0.25, 0.3) is 16.7 Å². The van der Waals surface area contributed by atoms with Gasteiger partial charge in [0.25, 0.3) is 5.91 Å². The number of hydrogen-bond donors (Lipinski definition) is 2. The second-order valence-corrected chi connectivity index (χ2v) is 10.5. The number of amides is 1. The molecule has 2 aliphatic rings. The number of para-hydroxylation sites is 3. The van der Waals surface area contributed by atoms with Crippen molar-refractivity contribution in [1.82, 2.24) is 19.4 Å². The van der Waals surface area contributed by atoms with Gasteiger partial charge in [-0.25, -0.2) is 14.6 Å². The van der Waals surface area contributed by atoms with E-state index >= 15 is 0 Å². The third-order valence-electron chi connectivity index (χ3n) is 7.68. The Kier molecular flexibility index (Phi) is 9.08. The molecule has 9 nitrogen and oxygen atoms in total. The van der Waals surface area contributed by atoms with Crippen molar-refractivity contribution in [1.29, 1.82) is 0 Å². The van der Waals surface area contributed by atoms with Crippen LogP contribution >= 0.6 is 0 Å². The normalized spacial score (nSPS) is 17.0. The van der Waals surface area contributed by atoms with Gasteiger partial charge in [-0.3, -0.25) is 14.3 Å². The summed E-state index contributed by atoms with van der Waals surface area (Å²) in [7, 11) is 0. The van der Waals surface area contributed by atoms with Gasteiger partial charge in [-0.1, -0.05) is 42.5 Å². The van der Waals surface area contributed by atoms with Crippen molar-refractivity contribution in [2.75, 3.05) is 26.2 Å². The van der Waals surface area contributed by atoms with Crippen LogP contribution in [0.3, 0.4) is 0 Å². The molecule has 1 aromatic heterocycles. The highest BCUT2D eigenvalue weighted by molar-refractivity contribution is 5.94. The van der Waals surface area contributed by atoms with Gasteiger partial charge in [0.2, 0.25) is 0 Å². The van der Waals surface area contributed by atoms with Crippen LogP contribution in [-0.4, -0.2) is 79.6 Å². The first kappa shape index (κ1) is 28.8. The van der Waals surface area contributed by atoms with Crippen molar-refractivity contribution >= 4 is 28.9 Å². The minimum atomic E-state index is -1.26. The number of nitrogens with zero attached hydrogens (tertiary/aromatic N) is 4. The fourth-order valence-electron chi connectivity index (χ4n) is 5.66. The highest BCUT2D eigenvalue weighted by Crippen LogP contribution is 2.25. The molecule has 3 heterocycles. The van der Waals surface area contributed by atoms with E-state index in [1.165, 1.54) is 25.9 Å². The zero-order chi connectivity index (χ0) is 29.5. The van der Waals surface area contributed by atoms with E-state index in [9.17, 15) is 14.4 Å². The van der Waals surface area contributed by atoms with Gasteiger partial charge >= 0.3 is 11.9 Å². The Balaban J connectivity index is 0.000000390. The van der Waals surface area contributed by atoms with Gasteiger partial charge in [0.05, 0.1) is 11.0 Å². The summed E-state index contributed by atoms with van der Waals surface area (Å²) in [5.74, 6) is -1.36. The minimum Gasteiger partial charge on any atom is -0.478 e. The largest absolute Gasteiger partial charge is 0.478 e. The molecule has 2 N–H and O–H groups in total.